The molecule has 140 valence electrons. The van der Waals surface area contributed by atoms with E-state index in [1.54, 1.807) is 42.6 Å². The third kappa shape index (κ3) is 3.44. The zero-order valence-corrected chi connectivity index (χ0v) is 14.9. The second-order valence-electron chi connectivity index (χ2n) is 6.76. The van der Waals surface area contributed by atoms with Crippen molar-refractivity contribution in [2.24, 2.45) is 0 Å². The fourth-order valence-electron chi connectivity index (χ4n) is 2.89. The highest BCUT2D eigenvalue weighted by Crippen LogP contribution is 2.38. The van der Waals surface area contributed by atoms with Gasteiger partial charge in [-0.25, -0.2) is 0 Å². The van der Waals surface area contributed by atoms with Crippen molar-refractivity contribution in [3.8, 4) is 5.75 Å². The number of hydrogen-bond donors (Lipinski definition) is 2. The molecule has 0 aliphatic heterocycles. The number of nitrogens with zero attached hydrogens (tertiary/aromatic N) is 3. The Bertz CT molecular complexity index is 1130. The van der Waals surface area contributed by atoms with Crippen molar-refractivity contribution >= 4 is 22.5 Å². The molecule has 1 aliphatic rings. The van der Waals surface area contributed by atoms with Gasteiger partial charge in [-0.1, -0.05) is 11.2 Å². The van der Waals surface area contributed by atoms with Gasteiger partial charge in [0, 0.05) is 22.6 Å². The molecular weight excluding hydrogens is 358 g/mol. The highest BCUT2D eigenvalue weighted by Gasteiger charge is 2.29. The highest BCUT2D eigenvalue weighted by molar-refractivity contribution is 6.06. The number of ether oxygens (including phenoxy) is 1. The standard InChI is InChI=1S/C20H17N5O3/c26-19(13-3-4-14-10-21-24-17(14)9-13)22-15-5-7-16(8-6-15)27-11-18-23-20(28-25-18)12-1-2-12/h3-10,12H,1-2,11H2,(H,21,24)(H,22,26). The van der Waals surface area contributed by atoms with Gasteiger partial charge in [-0.05, 0) is 49.2 Å². The van der Waals surface area contributed by atoms with Gasteiger partial charge in [0.15, 0.2) is 6.61 Å². The molecular formula is C20H17N5O3. The maximum absolute atomic E-state index is 12.4. The van der Waals surface area contributed by atoms with Gasteiger partial charge in [-0.3, -0.25) is 9.89 Å². The first kappa shape index (κ1) is 16.5. The van der Waals surface area contributed by atoms with Crippen molar-refractivity contribution in [3.63, 3.8) is 0 Å². The minimum Gasteiger partial charge on any atom is -0.485 e. The van der Waals surface area contributed by atoms with E-state index in [-0.39, 0.29) is 12.5 Å². The number of benzene rings is 2. The number of fused-ring (bicyclic) bond motifs is 1. The van der Waals surface area contributed by atoms with E-state index in [2.05, 4.69) is 25.7 Å². The van der Waals surface area contributed by atoms with Gasteiger partial charge in [-0.15, -0.1) is 0 Å². The molecule has 2 heterocycles. The summed E-state index contributed by atoms with van der Waals surface area (Å²) in [6.45, 7) is 0.242. The normalized spacial score (nSPS) is 13.6. The van der Waals surface area contributed by atoms with Crippen LogP contribution < -0.4 is 10.1 Å². The van der Waals surface area contributed by atoms with Crippen LogP contribution in [0.3, 0.4) is 0 Å². The number of H-pyrrole nitrogens is 1. The second kappa shape index (κ2) is 6.80. The van der Waals surface area contributed by atoms with Crippen molar-refractivity contribution in [2.75, 3.05) is 5.32 Å². The Morgan fingerprint density at radius 2 is 2.07 bits per heavy atom. The molecule has 0 unspecified atom stereocenters. The Morgan fingerprint density at radius 3 is 2.89 bits per heavy atom. The number of nitrogens with one attached hydrogen (secondary N) is 2. The molecule has 0 saturated heterocycles. The zero-order valence-electron chi connectivity index (χ0n) is 14.9. The first-order chi connectivity index (χ1) is 13.7. The van der Waals surface area contributed by atoms with E-state index in [1.165, 1.54) is 0 Å². The maximum atomic E-state index is 12.4. The minimum atomic E-state index is -0.190. The van der Waals surface area contributed by atoms with Crippen molar-refractivity contribution in [1.29, 1.82) is 0 Å². The lowest BCUT2D eigenvalue weighted by Crippen LogP contribution is -2.11. The highest BCUT2D eigenvalue weighted by atomic mass is 16.5. The molecule has 8 heteroatoms. The Kier molecular flexibility index (Phi) is 4.01. The van der Waals surface area contributed by atoms with E-state index in [1.807, 2.05) is 6.07 Å². The average molecular weight is 375 g/mol. The van der Waals surface area contributed by atoms with Crippen LogP contribution in [-0.4, -0.2) is 26.2 Å². The van der Waals surface area contributed by atoms with E-state index >= 15 is 0 Å². The molecule has 0 radical (unpaired) electrons. The van der Waals surface area contributed by atoms with Gasteiger partial charge in [0.2, 0.25) is 11.7 Å². The average Bonchev–Trinajstić information content (AvgIpc) is 3.27. The third-order valence-electron chi connectivity index (χ3n) is 4.59. The summed E-state index contributed by atoms with van der Waals surface area (Å²) in [5.41, 5.74) is 2.06. The van der Waals surface area contributed by atoms with E-state index in [0.717, 1.165) is 23.7 Å². The van der Waals surface area contributed by atoms with Gasteiger partial charge in [-0.2, -0.15) is 10.1 Å². The van der Waals surface area contributed by atoms with Crippen LogP contribution in [0.1, 0.15) is 40.8 Å². The predicted molar refractivity (Wildman–Crippen MR) is 101 cm³/mol. The summed E-state index contributed by atoms with van der Waals surface area (Å²) >= 11 is 0. The summed E-state index contributed by atoms with van der Waals surface area (Å²) in [5.74, 6) is 2.14. The van der Waals surface area contributed by atoms with E-state index in [4.69, 9.17) is 9.26 Å². The van der Waals surface area contributed by atoms with Crippen molar-refractivity contribution < 1.29 is 14.1 Å². The molecule has 1 saturated carbocycles. The summed E-state index contributed by atoms with van der Waals surface area (Å²) in [6.07, 6.45) is 3.95. The number of anilines is 1. The SMILES string of the molecule is O=C(Nc1ccc(OCc2noc(C3CC3)n2)cc1)c1ccc2cn[nH]c2c1. The van der Waals surface area contributed by atoms with Crippen LogP contribution >= 0.6 is 0 Å². The first-order valence-corrected chi connectivity index (χ1v) is 9.04. The molecule has 2 aromatic carbocycles. The molecule has 0 atom stereocenters. The van der Waals surface area contributed by atoms with Crippen LogP contribution in [0.2, 0.25) is 0 Å². The predicted octanol–water partition coefficient (Wildman–Crippen LogP) is 3.65. The molecule has 0 spiro atoms. The van der Waals surface area contributed by atoms with Gasteiger partial charge >= 0.3 is 0 Å². The van der Waals surface area contributed by atoms with Gasteiger partial charge in [0.1, 0.15) is 5.75 Å². The summed E-state index contributed by atoms with van der Waals surface area (Å²) in [4.78, 5) is 16.8. The number of aromatic amines is 1. The van der Waals surface area contributed by atoms with Crippen LogP contribution in [0.4, 0.5) is 5.69 Å². The van der Waals surface area contributed by atoms with Crippen molar-refractivity contribution in [2.45, 2.75) is 25.4 Å². The van der Waals surface area contributed by atoms with Crippen molar-refractivity contribution in [3.05, 3.63) is 65.9 Å². The Hall–Kier alpha value is -3.68. The molecule has 1 amide bonds. The Morgan fingerprint density at radius 1 is 1.21 bits per heavy atom. The molecule has 5 rings (SSSR count). The molecule has 1 aliphatic carbocycles. The number of hydrogen-bond acceptors (Lipinski definition) is 6. The van der Waals surface area contributed by atoms with E-state index in [0.29, 0.717) is 34.6 Å². The fraction of sp³-hybridized carbons (Fsp3) is 0.200. The molecule has 28 heavy (non-hydrogen) atoms. The largest absolute Gasteiger partial charge is 0.485 e. The molecule has 4 aromatic rings. The lowest BCUT2D eigenvalue weighted by atomic mass is 10.1. The van der Waals surface area contributed by atoms with Gasteiger partial charge in [0.25, 0.3) is 5.91 Å². The number of carbonyl (C=O) groups is 1. The topological polar surface area (TPSA) is 106 Å². The van der Waals surface area contributed by atoms with Gasteiger partial charge in [0.05, 0.1) is 11.7 Å². The molecule has 8 nitrogen and oxygen atoms in total. The lowest BCUT2D eigenvalue weighted by Gasteiger charge is -2.07. The summed E-state index contributed by atoms with van der Waals surface area (Å²) in [7, 11) is 0. The smallest absolute Gasteiger partial charge is 0.255 e. The lowest BCUT2D eigenvalue weighted by molar-refractivity contribution is 0.102. The maximum Gasteiger partial charge on any atom is 0.255 e. The molecule has 0 bridgehead atoms. The molecule has 2 N–H and O–H groups in total. The number of carbonyl (C=O) groups excluding carboxylic acids is 1. The molecule has 2 aromatic heterocycles. The fourth-order valence-corrected chi connectivity index (χ4v) is 2.89. The summed E-state index contributed by atoms with van der Waals surface area (Å²) < 4.78 is 10.9. The monoisotopic (exact) mass is 375 g/mol. The summed E-state index contributed by atoms with van der Waals surface area (Å²) in [5, 5.41) is 14.6. The van der Waals surface area contributed by atoms with Crippen LogP contribution in [0.25, 0.3) is 10.9 Å². The number of aromatic nitrogens is 4. The quantitative estimate of drug-likeness (QED) is 0.533. The number of amides is 1. The zero-order chi connectivity index (χ0) is 18.9. The van der Waals surface area contributed by atoms with Gasteiger partial charge < -0.3 is 14.6 Å². The van der Waals surface area contributed by atoms with Crippen molar-refractivity contribution in [1.82, 2.24) is 20.3 Å². The summed E-state index contributed by atoms with van der Waals surface area (Å²) in [6, 6.07) is 12.5. The van der Waals surface area contributed by atoms with E-state index < -0.39 is 0 Å². The van der Waals surface area contributed by atoms with E-state index in [9.17, 15) is 4.79 Å². The Balaban J connectivity index is 1.19. The Labute approximate surface area is 159 Å². The van der Waals surface area contributed by atoms with Crippen LogP contribution in [0.15, 0.2) is 53.2 Å². The minimum absolute atomic E-state index is 0.190. The molecule has 1 fully saturated rings. The van der Waals surface area contributed by atoms with Crippen LogP contribution in [-0.2, 0) is 6.61 Å². The second-order valence-corrected chi connectivity index (χ2v) is 6.76. The third-order valence-corrected chi connectivity index (χ3v) is 4.59. The number of rotatable bonds is 6. The first-order valence-electron chi connectivity index (χ1n) is 9.04. The van der Waals surface area contributed by atoms with Crippen LogP contribution in [0, 0.1) is 0 Å². The van der Waals surface area contributed by atoms with Crippen LogP contribution in [0.5, 0.6) is 5.75 Å².